The molecule has 0 spiro atoms. The third-order valence-corrected chi connectivity index (χ3v) is 14.7. The van der Waals surface area contributed by atoms with Crippen molar-refractivity contribution in [2.45, 2.75) is 191 Å². The summed E-state index contributed by atoms with van der Waals surface area (Å²) in [6.45, 7) is 18.0. The minimum Gasteiger partial charge on any atom is -0.481 e. The summed E-state index contributed by atoms with van der Waals surface area (Å²) in [6.07, 6.45) is 16.0. The average Bonchev–Trinajstić information content (AvgIpc) is 4.07. The minimum absolute atomic E-state index is 0.0592. The van der Waals surface area contributed by atoms with Crippen LogP contribution in [0.4, 0.5) is 0 Å². The molecule has 0 amide bonds. The summed E-state index contributed by atoms with van der Waals surface area (Å²) in [4.78, 5) is 48.2. The van der Waals surface area contributed by atoms with Gasteiger partial charge in [-0.15, -0.1) is 0 Å². The molecule has 4 N–H and O–H groups in total. The van der Waals surface area contributed by atoms with Crippen LogP contribution in [-0.4, -0.2) is 44.3 Å². The Hall–Kier alpha value is -3.68. The number of unbranched alkanes of at least 4 members (excludes halogenated alkanes) is 4. The summed E-state index contributed by atoms with van der Waals surface area (Å²) in [5.41, 5.74) is 10.1. The van der Waals surface area contributed by atoms with Gasteiger partial charge in [0.2, 0.25) is 0 Å². The first-order chi connectivity index (χ1) is 27.1. The van der Waals surface area contributed by atoms with Crippen LogP contribution in [0.15, 0.2) is 12.1 Å². The molecule has 2 saturated carbocycles. The molecule has 2 aliphatic carbocycles. The monoisotopic (exact) mass is 803 g/mol. The molecule has 8 nitrogen and oxygen atoms in total. The maximum absolute atomic E-state index is 13.0. The number of hydrogen-bond donors (Lipinski definition) is 4. The summed E-state index contributed by atoms with van der Waals surface area (Å²) in [7, 11) is 0. The van der Waals surface area contributed by atoms with Crippen molar-refractivity contribution in [1.82, 2.24) is 0 Å². The van der Waals surface area contributed by atoms with E-state index in [4.69, 9.17) is 0 Å². The predicted molar refractivity (Wildman–Crippen MR) is 231 cm³/mol. The Kier molecular flexibility index (Phi) is 15.5. The highest BCUT2D eigenvalue weighted by atomic mass is 16.4. The van der Waals surface area contributed by atoms with E-state index < -0.39 is 45.5 Å². The van der Waals surface area contributed by atoms with Crippen LogP contribution in [0.1, 0.15) is 180 Å². The Labute approximate surface area is 348 Å². The van der Waals surface area contributed by atoms with E-state index in [0.29, 0.717) is 32.1 Å². The smallest absolute Gasteiger partial charge is 0.309 e. The molecule has 0 saturated heterocycles. The zero-order valence-electron chi connectivity index (χ0n) is 37.3. The van der Waals surface area contributed by atoms with Crippen molar-refractivity contribution in [2.24, 2.45) is 27.6 Å². The molecule has 2 aromatic carbocycles. The van der Waals surface area contributed by atoms with E-state index in [1.54, 1.807) is 27.7 Å². The number of hydrogen-bond acceptors (Lipinski definition) is 4. The van der Waals surface area contributed by atoms with Crippen LogP contribution >= 0.6 is 0 Å². The van der Waals surface area contributed by atoms with Gasteiger partial charge in [0.15, 0.2) is 0 Å². The number of carbonyl (C=O) groups is 4. The largest absolute Gasteiger partial charge is 0.481 e. The van der Waals surface area contributed by atoms with Gasteiger partial charge < -0.3 is 20.4 Å². The molecular formula is C50H74O8. The van der Waals surface area contributed by atoms with Gasteiger partial charge in [0.25, 0.3) is 0 Å². The molecule has 2 aliphatic rings. The standard InChI is InChI=1S/C50H74O8/c1-32-28-34(3)39(40(35(32)4)19-10-14-22-47(6,7)43(51)52)18-13-17-25-50(46(57)58)31-38(50)30-37-29-33(2)36(5)41(20-12-16-24-49(26-27-49)45(55)56)42(37)21-11-15-23-48(8,9)44(53)54/h28-29,38H,10-27,30-31H2,1-9H3,(H,51,52)(H,53,54)(H,55,56)(H,57,58). The minimum atomic E-state index is -0.786. The maximum atomic E-state index is 13.0. The Morgan fingerprint density at radius 1 is 0.569 bits per heavy atom. The molecule has 0 bridgehead atoms. The van der Waals surface area contributed by atoms with Crippen molar-refractivity contribution in [3.8, 4) is 0 Å². The second-order valence-electron chi connectivity index (χ2n) is 19.9. The lowest BCUT2D eigenvalue weighted by atomic mass is 9.82. The Morgan fingerprint density at radius 3 is 1.50 bits per heavy atom. The van der Waals surface area contributed by atoms with Crippen molar-refractivity contribution in [2.75, 3.05) is 0 Å². The number of carboxylic acid groups (broad SMARTS) is 4. The van der Waals surface area contributed by atoms with Crippen molar-refractivity contribution in [3.63, 3.8) is 0 Å². The molecule has 322 valence electrons. The van der Waals surface area contributed by atoms with Gasteiger partial charge in [0.1, 0.15) is 0 Å². The lowest BCUT2D eigenvalue weighted by Gasteiger charge is -2.22. The van der Waals surface area contributed by atoms with Crippen LogP contribution in [0.2, 0.25) is 0 Å². The molecule has 2 fully saturated rings. The van der Waals surface area contributed by atoms with Gasteiger partial charge in [-0.3, -0.25) is 19.2 Å². The number of benzene rings is 2. The lowest BCUT2D eigenvalue weighted by Crippen LogP contribution is -2.23. The van der Waals surface area contributed by atoms with Crippen molar-refractivity contribution < 1.29 is 39.6 Å². The molecule has 0 aliphatic heterocycles. The molecule has 0 radical (unpaired) electrons. The Balaban J connectivity index is 1.46. The van der Waals surface area contributed by atoms with Crippen LogP contribution in [-0.2, 0) is 51.3 Å². The van der Waals surface area contributed by atoms with Crippen LogP contribution < -0.4 is 0 Å². The first-order valence-corrected chi connectivity index (χ1v) is 22.2. The third-order valence-electron chi connectivity index (χ3n) is 14.7. The SMILES string of the molecule is Cc1cc(C)c(CCCCC2(C(=O)O)CC2Cc2cc(C)c(C)c(CCCCC3(C(=O)O)CC3)c2CCCCC(C)(C)C(=O)O)c(CCCCC(C)(C)C(=O)O)c1C. The van der Waals surface area contributed by atoms with Gasteiger partial charge in [-0.05, 0) is 227 Å². The van der Waals surface area contributed by atoms with Crippen LogP contribution in [0, 0.1) is 62.2 Å². The van der Waals surface area contributed by atoms with E-state index in [1.807, 2.05) is 0 Å². The molecule has 2 aromatic rings. The Bertz CT molecular complexity index is 1830. The summed E-state index contributed by atoms with van der Waals surface area (Å²) in [5, 5.41) is 39.6. The summed E-state index contributed by atoms with van der Waals surface area (Å²) in [6, 6.07) is 4.54. The maximum Gasteiger partial charge on any atom is 0.309 e. The van der Waals surface area contributed by atoms with E-state index >= 15 is 0 Å². The van der Waals surface area contributed by atoms with E-state index in [1.165, 1.54) is 55.6 Å². The van der Waals surface area contributed by atoms with Crippen LogP contribution in [0.5, 0.6) is 0 Å². The van der Waals surface area contributed by atoms with E-state index in [0.717, 1.165) is 96.3 Å². The lowest BCUT2D eigenvalue weighted by molar-refractivity contribution is -0.148. The number of carboxylic acids is 4. The molecule has 4 rings (SSSR count). The van der Waals surface area contributed by atoms with Gasteiger partial charge in [0, 0.05) is 0 Å². The number of aliphatic carboxylic acids is 4. The van der Waals surface area contributed by atoms with Crippen LogP contribution in [0.25, 0.3) is 0 Å². The summed E-state index contributed by atoms with van der Waals surface area (Å²) >= 11 is 0. The molecule has 0 heterocycles. The predicted octanol–water partition coefficient (Wildman–Crippen LogP) is 11.5. The van der Waals surface area contributed by atoms with Gasteiger partial charge in [0.05, 0.1) is 21.7 Å². The highest BCUT2D eigenvalue weighted by molar-refractivity contribution is 5.79. The van der Waals surface area contributed by atoms with E-state index in [-0.39, 0.29) is 5.92 Å². The van der Waals surface area contributed by atoms with Crippen molar-refractivity contribution >= 4 is 23.9 Å². The molecule has 58 heavy (non-hydrogen) atoms. The highest BCUT2D eigenvalue weighted by Gasteiger charge is 2.59. The van der Waals surface area contributed by atoms with E-state index in [2.05, 4.69) is 46.8 Å². The molecule has 8 heteroatoms. The number of rotatable bonds is 26. The quantitative estimate of drug-likeness (QED) is 0.0687. The average molecular weight is 803 g/mol. The molecule has 0 aromatic heterocycles. The molecule has 2 atom stereocenters. The fourth-order valence-electron chi connectivity index (χ4n) is 9.62. The second-order valence-corrected chi connectivity index (χ2v) is 19.9. The molecular weight excluding hydrogens is 729 g/mol. The zero-order chi connectivity index (χ0) is 43.2. The zero-order valence-corrected chi connectivity index (χ0v) is 37.3. The second kappa shape index (κ2) is 19.1. The van der Waals surface area contributed by atoms with Crippen LogP contribution in [0.3, 0.4) is 0 Å². The highest BCUT2D eigenvalue weighted by Crippen LogP contribution is 2.58. The van der Waals surface area contributed by atoms with Gasteiger partial charge in [-0.25, -0.2) is 0 Å². The van der Waals surface area contributed by atoms with E-state index in [9.17, 15) is 39.6 Å². The summed E-state index contributed by atoms with van der Waals surface area (Å²) < 4.78 is 0. The van der Waals surface area contributed by atoms with Gasteiger partial charge in [-0.1, -0.05) is 37.8 Å². The normalized spacial score (nSPS) is 18.6. The summed E-state index contributed by atoms with van der Waals surface area (Å²) in [5.74, 6) is -2.85. The fraction of sp³-hybridized carbons (Fsp3) is 0.680. The van der Waals surface area contributed by atoms with Gasteiger partial charge >= 0.3 is 23.9 Å². The molecule has 2 unspecified atom stereocenters. The van der Waals surface area contributed by atoms with Gasteiger partial charge in [-0.2, -0.15) is 0 Å². The topological polar surface area (TPSA) is 149 Å². The van der Waals surface area contributed by atoms with Crippen molar-refractivity contribution in [1.29, 1.82) is 0 Å². The van der Waals surface area contributed by atoms with Crippen molar-refractivity contribution in [3.05, 3.63) is 67.8 Å². The number of aryl methyl sites for hydroxylation is 3. The fourth-order valence-corrected chi connectivity index (χ4v) is 9.62. The first kappa shape index (κ1) is 47.0. The third kappa shape index (κ3) is 11.3. The first-order valence-electron chi connectivity index (χ1n) is 22.2. The Morgan fingerprint density at radius 2 is 1.02 bits per heavy atom.